The van der Waals surface area contributed by atoms with Crippen molar-refractivity contribution in [1.29, 1.82) is 0 Å². The zero-order chi connectivity index (χ0) is 51.8. The van der Waals surface area contributed by atoms with Crippen molar-refractivity contribution in [2.24, 2.45) is 23.7 Å². The number of hydrogen-bond acceptors (Lipinski definition) is 2. The van der Waals surface area contributed by atoms with Crippen LogP contribution in [0.15, 0.2) is 194 Å². The lowest BCUT2D eigenvalue weighted by molar-refractivity contribution is 0.302. The van der Waals surface area contributed by atoms with Gasteiger partial charge in [-0.3, -0.25) is 0 Å². The number of hydrogen-bond donors (Lipinski definition) is 0. The van der Waals surface area contributed by atoms with Crippen LogP contribution in [0.1, 0.15) is 94.3 Å². The first kappa shape index (κ1) is 57.1. The first-order chi connectivity index (χ1) is 34.6. The summed E-state index contributed by atoms with van der Waals surface area (Å²) in [5.74, 6) is 4.61. The van der Waals surface area contributed by atoms with Gasteiger partial charge in [-0.05, 0) is 167 Å². The van der Waals surface area contributed by atoms with E-state index < -0.39 is 0 Å². The van der Waals surface area contributed by atoms with Gasteiger partial charge in [-0.2, -0.15) is 0 Å². The van der Waals surface area contributed by atoms with Gasteiger partial charge in [0.25, 0.3) is 0 Å². The molecule has 8 rings (SSSR count). The van der Waals surface area contributed by atoms with Crippen molar-refractivity contribution >= 4 is 34.8 Å². The van der Waals surface area contributed by atoms with Gasteiger partial charge in [-0.25, -0.2) is 0 Å². The molecule has 0 aliphatic rings. The SMILES string of the molecule is CC(C)Cc1ccc(-c2ccc(Cl)cc2)cc1.CC(C)Cc1ccc(OCc2ccc(Cl)cc2)cc1.CC(C)Cc1ccccc1-c1ccc(Cl)cc1.Cc1ccc(COc2ccccc2CC(C)C)cc1. The van der Waals surface area contributed by atoms with Gasteiger partial charge in [0, 0.05) is 15.1 Å². The van der Waals surface area contributed by atoms with E-state index in [1.165, 1.54) is 55.6 Å². The smallest absolute Gasteiger partial charge is 0.123 e. The summed E-state index contributed by atoms with van der Waals surface area (Å²) in [7, 11) is 0. The molecule has 0 atom stereocenters. The molecule has 8 aromatic rings. The minimum absolute atomic E-state index is 0.570. The highest BCUT2D eigenvalue weighted by Crippen LogP contribution is 2.28. The van der Waals surface area contributed by atoms with Crippen molar-refractivity contribution in [3.8, 4) is 33.8 Å². The molecule has 0 N–H and O–H groups in total. The molecule has 8 aromatic carbocycles. The summed E-state index contributed by atoms with van der Waals surface area (Å²) in [6, 6.07) is 66.3. The molecule has 5 heteroatoms. The maximum atomic E-state index is 5.96. The number of aryl methyl sites for hydroxylation is 1. The normalized spacial score (nSPS) is 10.8. The van der Waals surface area contributed by atoms with Gasteiger partial charge in [0.1, 0.15) is 24.7 Å². The molecular weight excluding hydrogens is 943 g/mol. The van der Waals surface area contributed by atoms with E-state index in [2.05, 4.69) is 190 Å². The quantitative estimate of drug-likeness (QED) is 0.0960. The van der Waals surface area contributed by atoms with Crippen LogP contribution in [0.3, 0.4) is 0 Å². The van der Waals surface area contributed by atoms with E-state index in [0.29, 0.717) is 36.9 Å². The third-order valence-corrected chi connectivity index (χ3v) is 12.3. The second kappa shape index (κ2) is 30.3. The molecule has 0 saturated carbocycles. The summed E-state index contributed by atoms with van der Waals surface area (Å²) < 4.78 is 11.7. The molecule has 0 bridgehead atoms. The van der Waals surface area contributed by atoms with E-state index in [-0.39, 0.29) is 0 Å². The molecule has 0 aliphatic heterocycles. The average Bonchev–Trinajstić information content (AvgIpc) is 3.35. The van der Waals surface area contributed by atoms with Crippen molar-refractivity contribution in [1.82, 2.24) is 0 Å². The van der Waals surface area contributed by atoms with Crippen LogP contribution in [-0.4, -0.2) is 0 Å². The molecule has 0 spiro atoms. The Morgan fingerprint density at radius 3 is 1.19 bits per heavy atom. The van der Waals surface area contributed by atoms with Crippen LogP contribution >= 0.6 is 34.8 Å². The molecule has 0 aliphatic carbocycles. The number of ether oxygens (including phenoxy) is 2. The van der Waals surface area contributed by atoms with E-state index >= 15 is 0 Å². The van der Waals surface area contributed by atoms with E-state index in [4.69, 9.17) is 44.3 Å². The molecule has 376 valence electrons. The number of halogens is 3. The summed E-state index contributed by atoms with van der Waals surface area (Å²) in [4.78, 5) is 0. The molecule has 0 amide bonds. The van der Waals surface area contributed by atoms with Crippen molar-refractivity contribution in [2.75, 3.05) is 0 Å². The predicted octanol–water partition coefficient (Wildman–Crippen LogP) is 20.3. The highest BCUT2D eigenvalue weighted by Gasteiger charge is 2.08. The molecular formula is C67H75Cl3O2. The largest absolute Gasteiger partial charge is 0.489 e. The molecule has 2 nitrogen and oxygen atoms in total. The van der Waals surface area contributed by atoms with Gasteiger partial charge < -0.3 is 9.47 Å². The van der Waals surface area contributed by atoms with Crippen LogP contribution in [0, 0.1) is 30.6 Å². The molecule has 0 saturated heterocycles. The maximum Gasteiger partial charge on any atom is 0.123 e. The van der Waals surface area contributed by atoms with Crippen LogP contribution in [0.5, 0.6) is 11.5 Å². The maximum absolute atomic E-state index is 5.96. The lowest BCUT2D eigenvalue weighted by Gasteiger charge is -2.13. The zero-order valence-corrected chi connectivity index (χ0v) is 46.2. The molecule has 0 fully saturated rings. The summed E-state index contributed by atoms with van der Waals surface area (Å²) in [5, 5.41) is 2.32. The van der Waals surface area contributed by atoms with E-state index in [1.54, 1.807) is 0 Å². The third-order valence-electron chi connectivity index (χ3n) is 11.6. The Kier molecular flexibility index (Phi) is 24.1. The Hall–Kier alpha value is -5.77. The predicted molar refractivity (Wildman–Crippen MR) is 312 cm³/mol. The summed E-state index contributed by atoms with van der Waals surface area (Å²) in [6.45, 7) is 21.2. The number of para-hydroxylation sites is 1. The zero-order valence-electron chi connectivity index (χ0n) is 44.0. The molecule has 0 radical (unpaired) electrons. The second-order valence-electron chi connectivity index (χ2n) is 20.2. The molecule has 0 unspecified atom stereocenters. The van der Waals surface area contributed by atoms with Crippen molar-refractivity contribution in [3.05, 3.63) is 248 Å². The molecule has 72 heavy (non-hydrogen) atoms. The van der Waals surface area contributed by atoms with E-state index in [9.17, 15) is 0 Å². The monoisotopic (exact) mass is 1020 g/mol. The lowest BCUT2D eigenvalue weighted by atomic mass is 9.94. The van der Waals surface area contributed by atoms with Crippen molar-refractivity contribution < 1.29 is 9.47 Å². The molecule has 0 aromatic heterocycles. The fraction of sp³-hybridized carbons (Fsp3) is 0.284. The van der Waals surface area contributed by atoms with Gasteiger partial charge in [0.2, 0.25) is 0 Å². The van der Waals surface area contributed by atoms with E-state index in [0.717, 1.165) is 57.8 Å². The molecule has 0 heterocycles. The first-order valence-corrected chi connectivity index (χ1v) is 26.6. The average molecular weight is 1020 g/mol. The van der Waals surface area contributed by atoms with Crippen LogP contribution in [-0.2, 0) is 38.9 Å². The Morgan fingerprint density at radius 2 is 0.694 bits per heavy atom. The van der Waals surface area contributed by atoms with E-state index in [1.807, 2.05) is 66.7 Å². The van der Waals surface area contributed by atoms with Gasteiger partial charge >= 0.3 is 0 Å². The summed E-state index contributed by atoms with van der Waals surface area (Å²) in [6.07, 6.45) is 4.42. The highest BCUT2D eigenvalue weighted by molar-refractivity contribution is 6.31. The van der Waals surface area contributed by atoms with Crippen LogP contribution < -0.4 is 9.47 Å². The summed E-state index contributed by atoms with van der Waals surface area (Å²) >= 11 is 17.7. The van der Waals surface area contributed by atoms with Gasteiger partial charge in [0.05, 0.1) is 0 Å². The Balaban J connectivity index is 0.000000179. The highest BCUT2D eigenvalue weighted by atomic mass is 35.5. The standard InChI is InChI=1S/C18H22O.C17H19ClO.2C16H17Cl/c1-14(2)12-17-6-4-5-7-18(17)19-13-16-10-8-15(3)9-11-16;1-13(2)11-14-5-9-17(10-6-14)19-12-15-3-7-16(18)8-4-15;1-12(2)11-13-3-5-14(6-4-13)15-7-9-16(17)10-8-15;1-12(2)11-14-5-3-4-6-16(14)13-7-9-15(17)10-8-13/h4-11,14H,12-13H2,1-3H3;3-10,13H,11-12H2,1-2H3;2*3-10,12H,11H2,1-2H3. The van der Waals surface area contributed by atoms with Gasteiger partial charge in [0.15, 0.2) is 0 Å². The first-order valence-electron chi connectivity index (χ1n) is 25.5. The van der Waals surface area contributed by atoms with Crippen LogP contribution in [0.2, 0.25) is 15.1 Å². The third kappa shape index (κ3) is 21.1. The minimum atomic E-state index is 0.570. The van der Waals surface area contributed by atoms with Crippen LogP contribution in [0.25, 0.3) is 22.3 Å². The van der Waals surface area contributed by atoms with Crippen LogP contribution in [0.4, 0.5) is 0 Å². The Morgan fingerprint density at radius 1 is 0.333 bits per heavy atom. The topological polar surface area (TPSA) is 18.5 Å². The Labute approximate surface area is 448 Å². The van der Waals surface area contributed by atoms with Crippen molar-refractivity contribution in [3.63, 3.8) is 0 Å². The summed E-state index contributed by atoms with van der Waals surface area (Å²) in [5.41, 5.74) is 14.1. The van der Waals surface area contributed by atoms with Gasteiger partial charge in [-0.1, -0.05) is 235 Å². The Bertz CT molecular complexity index is 2740. The lowest BCUT2D eigenvalue weighted by Crippen LogP contribution is -2.01. The number of benzene rings is 8. The minimum Gasteiger partial charge on any atom is -0.489 e. The van der Waals surface area contributed by atoms with Gasteiger partial charge in [-0.15, -0.1) is 0 Å². The van der Waals surface area contributed by atoms with Crippen molar-refractivity contribution in [2.45, 2.75) is 101 Å². The second-order valence-corrected chi connectivity index (χ2v) is 21.5. The number of rotatable bonds is 16. The fourth-order valence-corrected chi connectivity index (χ4v) is 8.41. The fourth-order valence-electron chi connectivity index (χ4n) is 8.04.